The van der Waals surface area contributed by atoms with Gasteiger partial charge in [-0.05, 0) is 5.75 Å². The molecule has 0 aromatic rings. The van der Waals surface area contributed by atoms with Gasteiger partial charge in [-0.2, -0.15) is 0 Å². The number of thioether (sulfide) groups is 1. The molecule has 4 nitrogen and oxygen atoms in total. The number of quaternary nitrogens is 1. The number of hydrogen-bond acceptors (Lipinski definition) is 4. The minimum absolute atomic E-state index is 0.239. The second-order valence-electron chi connectivity index (χ2n) is 2.63. The van der Waals surface area contributed by atoms with Crippen LogP contribution in [0.15, 0.2) is 4.99 Å². The van der Waals surface area contributed by atoms with Crippen molar-refractivity contribution in [1.29, 1.82) is 0 Å². The first kappa shape index (κ1) is 9.83. The van der Waals surface area contributed by atoms with Gasteiger partial charge < -0.3 is 10.4 Å². The number of amidine groups is 1. The van der Waals surface area contributed by atoms with Crippen molar-refractivity contribution in [2.24, 2.45) is 4.99 Å². The second kappa shape index (κ2) is 5.40. The minimum atomic E-state index is 0.239. The molecule has 0 bridgehead atoms. The third-order valence-corrected chi connectivity index (χ3v) is 2.52. The van der Waals surface area contributed by atoms with Crippen molar-refractivity contribution in [3.63, 3.8) is 0 Å². The predicted molar refractivity (Wildman–Crippen MR) is 51.4 cm³/mol. The van der Waals surface area contributed by atoms with Crippen LogP contribution in [0.1, 0.15) is 6.92 Å². The van der Waals surface area contributed by atoms with E-state index in [1.54, 1.807) is 11.8 Å². The summed E-state index contributed by atoms with van der Waals surface area (Å²) < 4.78 is 0. The Morgan fingerprint density at radius 3 is 3.08 bits per heavy atom. The van der Waals surface area contributed by atoms with E-state index in [0.717, 1.165) is 30.8 Å². The van der Waals surface area contributed by atoms with Crippen molar-refractivity contribution in [3.05, 3.63) is 0 Å². The average molecular weight is 190 g/mol. The van der Waals surface area contributed by atoms with E-state index in [2.05, 4.69) is 17.2 Å². The Labute approximate surface area is 77.0 Å². The summed E-state index contributed by atoms with van der Waals surface area (Å²) in [5, 5.41) is 12.9. The number of nitrogens with one attached hydrogen (secondary N) is 2. The zero-order valence-corrected chi connectivity index (χ0v) is 8.15. The fraction of sp³-hybridized carbons (Fsp3) is 0.857. The number of aliphatic hydroxyl groups is 1. The molecule has 0 saturated carbocycles. The van der Waals surface area contributed by atoms with Gasteiger partial charge in [0.05, 0.1) is 6.61 Å². The second-order valence-corrected chi connectivity index (χ2v) is 3.88. The maximum absolute atomic E-state index is 8.69. The highest BCUT2D eigenvalue weighted by Gasteiger charge is 2.13. The summed E-state index contributed by atoms with van der Waals surface area (Å²) in [6.07, 6.45) is 0. The fourth-order valence-electron chi connectivity index (χ4n) is 1.05. The Balaban J connectivity index is 2.26. The van der Waals surface area contributed by atoms with Crippen LogP contribution in [-0.2, 0) is 0 Å². The van der Waals surface area contributed by atoms with Gasteiger partial charge in [-0.25, -0.2) is 4.99 Å². The van der Waals surface area contributed by atoms with E-state index in [1.165, 1.54) is 4.90 Å². The molecule has 0 aliphatic carbocycles. The summed E-state index contributed by atoms with van der Waals surface area (Å²) in [5.74, 6) is 1.06. The lowest BCUT2D eigenvalue weighted by Gasteiger charge is -2.22. The molecule has 0 aromatic heterocycles. The molecular formula is C7H16N3OS+. The van der Waals surface area contributed by atoms with Crippen LogP contribution in [0.25, 0.3) is 0 Å². The van der Waals surface area contributed by atoms with E-state index in [4.69, 9.17) is 5.11 Å². The van der Waals surface area contributed by atoms with Crippen LogP contribution >= 0.6 is 11.8 Å². The van der Waals surface area contributed by atoms with Crippen LogP contribution in [-0.4, -0.2) is 42.5 Å². The molecule has 0 radical (unpaired) electrons. The first-order chi connectivity index (χ1) is 5.86. The highest BCUT2D eigenvalue weighted by molar-refractivity contribution is 8.13. The van der Waals surface area contributed by atoms with Gasteiger partial charge in [0.2, 0.25) is 0 Å². The van der Waals surface area contributed by atoms with Crippen LogP contribution in [0.3, 0.4) is 0 Å². The molecule has 1 heterocycles. The third kappa shape index (κ3) is 3.00. The first-order valence-corrected chi connectivity index (χ1v) is 5.21. The molecule has 1 unspecified atom stereocenters. The van der Waals surface area contributed by atoms with E-state index >= 15 is 0 Å². The molecule has 12 heavy (non-hydrogen) atoms. The minimum Gasteiger partial charge on any atom is -0.391 e. The molecule has 1 rings (SSSR count). The molecule has 70 valence electrons. The zero-order valence-electron chi connectivity index (χ0n) is 7.34. The lowest BCUT2D eigenvalue weighted by molar-refractivity contribution is -0.903. The lowest BCUT2D eigenvalue weighted by atomic mass is 10.6. The Bertz CT molecular complexity index is 163. The molecule has 3 N–H and O–H groups in total. The first-order valence-electron chi connectivity index (χ1n) is 4.22. The van der Waals surface area contributed by atoms with Gasteiger partial charge in [-0.15, -0.1) is 0 Å². The lowest BCUT2D eigenvalue weighted by Crippen LogP contribution is -3.14. The van der Waals surface area contributed by atoms with E-state index in [0.29, 0.717) is 0 Å². The van der Waals surface area contributed by atoms with E-state index in [-0.39, 0.29) is 6.61 Å². The molecular weight excluding hydrogens is 174 g/mol. The van der Waals surface area contributed by atoms with Crippen LogP contribution in [0.4, 0.5) is 0 Å². The highest BCUT2D eigenvalue weighted by atomic mass is 32.2. The smallest absolute Gasteiger partial charge is 0.175 e. The van der Waals surface area contributed by atoms with Gasteiger partial charge in [0.1, 0.15) is 6.54 Å². The van der Waals surface area contributed by atoms with E-state index in [1.807, 2.05) is 0 Å². The van der Waals surface area contributed by atoms with Crippen molar-refractivity contribution in [2.75, 3.05) is 32.2 Å². The molecule has 0 amide bonds. The number of aliphatic imine (C=N–C) groups is 1. The van der Waals surface area contributed by atoms with Crippen LogP contribution < -0.4 is 10.2 Å². The molecule has 0 saturated heterocycles. The van der Waals surface area contributed by atoms with Gasteiger partial charge in [-0.1, -0.05) is 18.7 Å². The fourth-order valence-corrected chi connectivity index (χ4v) is 1.66. The summed E-state index contributed by atoms with van der Waals surface area (Å²) >= 11 is 1.74. The number of aliphatic hydroxyl groups excluding tert-OH is 1. The van der Waals surface area contributed by atoms with Gasteiger partial charge in [0, 0.05) is 0 Å². The van der Waals surface area contributed by atoms with E-state index in [9.17, 15) is 0 Å². The summed E-state index contributed by atoms with van der Waals surface area (Å²) in [6.45, 7) is 4.80. The third-order valence-electron chi connectivity index (χ3n) is 1.68. The van der Waals surface area contributed by atoms with E-state index < -0.39 is 0 Å². The van der Waals surface area contributed by atoms with Gasteiger partial charge in [-0.3, -0.25) is 4.90 Å². The molecule has 0 aromatic carbocycles. The topological polar surface area (TPSA) is 49.1 Å². The summed E-state index contributed by atoms with van der Waals surface area (Å²) in [5.41, 5.74) is 0. The quantitative estimate of drug-likeness (QED) is 0.507. The van der Waals surface area contributed by atoms with Crippen molar-refractivity contribution in [3.8, 4) is 0 Å². The van der Waals surface area contributed by atoms with Gasteiger partial charge in [0.25, 0.3) is 0 Å². The zero-order chi connectivity index (χ0) is 8.81. The van der Waals surface area contributed by atoms with Crippen molar-refractivity contribution >= 4 is 16.9 Å². The molecule has 1 aliphatic rings. The van der Waals surface area contributed by atoms with Gasteiger partial charge >= 0.3 is 0 Å². The Morgan fingerprint density at radius 2 is 2.58 bits per heavy atom. The normalized spacial score (nSPS) is 23.2. The highest BCUT2D eigenvalue weighted by Crippen LogP contribution is 1.99. The standard InChI is InChI=1S/C7H15N3OS/c1-2-12-7-8-5-10(3-4-11)6-9-7/h11H,2-6H2,1H3,(H,8,9)/p+1. The Kier molecular flexibility index (Phi) is 4.42. The maximum Gasteiger partial charge on any atom is 0.175 e. The van der Waals surface area contributed by atoms with Crippen molar-refractivity contribution in [1.82, 2.24) is 5.32 Å². The summed E-state index contributed by atoms with van der Waals surface area (Å²) in [4.78, 5) is 5.63. The SMILES string of the molecule is CCSC1=NC[NH+](CCO)CN1. The summed E-state index contributed by atoms with van der Waals surface area (Å²) in [7, 11) is 0. The largest absolute Gasteiger partial charge is 0.391 e. The average Bonchev–Trinajstić information content (AvgIpc) is 2.09. The molecule has 1 aliphatic heterocycles. The van der Waals surface area contributed by atoms with Crippen LogP contribution in [0.2, 0.25) is 0 Å². The number of hydrogen-bond donors (Lipinski definition) is 3. The van der Waals surface area contributed by atoms with Crippen LogP contribution in [0.5, 0.6) is 0 Å². The molecule has 5 heteroatoms. The molecule has 0 spiro atoms. The summed E-state index contributed by atoms with van der Waals surface area (Å²) in [6, 6.07) is 0. The van der Waals surface area contributed by atoms with Gasteiger partial charge in [0.15, 0.2) is 18.5 Å². The Morgan fingerprint density at radius 1 is 1.75 bits per heavy atom. The van der Waals surface area contributed by atoms with Crippen molar-refractivity contribution < 1.29 is 10.0 Å². The predicted octanol–water partition coefficient (Wildman–Crippen LogP) is -1.51. The van der Waals surface area contributed by atoms with Crippen molar-refractivity contribution in [2.45, 2.75) is 6.92 Å². The monoisotopic (exact) mass is 190 g/mol. The molecule has 0 fully saturated rings. The Hall–Kier alpha value is -0.260. The maximum atomic E-state index is 8.69. The van der Waals surface area contributed by atoms with Crippen LogP contribution in [0, 0.1) is 0 Å². The number of rotatable bonds is 3. The molecule has 1 atom stereocenters. The number of nitrogens with zero attached hydrogens (tertiary/aromatic N) is 1.